The van der Waals surface area contributed by atoms with Gasteiger partial charge in [0.05, 0.1) is 17.2 Å². The lowest BCUT2D eigenvalue weighted by molar-refractivity contribution is 0.0584. The molecule has 1 aliphatic rings. The van der Waals surface area contributed by atoms with Crippen molar-refractivity contribution < 1.29 is 13.9 Å². The fraction of sp³-hybridized carbons (Fsp3) is 0.500. The lowest BCUT2D eigenvalue weighted by atomic mass is 9.92. The van der Waals surface area contributed by atoms with Crippen LogP contribution in [0, 0.1) is 23.1 Å². The quantitative estimate of drug-likeness (QED) is 0.796. The van der Waals surface area contributed by atoms with Gasteiger partial charge in [0.25, 0.3) is 5.91 Å². The Morgan fingerprint density at radius 2 is 2.00 bits per heavy atom. The lowest BCUT2D eigenvalue weighted by Crippen LogP contribution is -2.30. The van der Waals surface area contributed by atoms with E-state index in [-0.39, 0.29) is 16.5 Å². The van der Waals surface area contributed by atoms with Crippen molar-refractivity contribution in [3.05, 3.63) is 52.4 Å². The van der Waals surface area contributed by atoms with Gasteiger partial charge in [0.1, 0.15) is 5.82 Å². The Labute approximate surface area is 170 Å². The fourth-order valence-electron chi connectivity index (χ4n) is 3.68. The number of nitriles is 1. The molecule has 154 valence electrons. The van der Waals surface area contributed by atoms with Crippen LogP contribution in [0.5, 0.6) is 0 Å². The molecule has 1 saturated heterocycles. The third-order valence-electron chi connectivity index (χ3n) is 5.32. The number of nitrogens with zero attached hydrogens (tertiary/aromatic N) is 4. The van der Waals surface area contributed by atoms with Gasteiger partial charge in [0.2, 0.25) is 0 Å². The first-order valence-corrected chi connectivity index (χ1v) is 9.84. The summed E-state index contributed by atoms with van der Waals surface area (Å²) in [5.74, 6) is -0.940. The zero-order valence-electron chi connectivity index (χ0n) is 17.4. The molecule has 0 unspecified atom stereocenters. The molecule has 0 saturated carbocycles. The summed E-state index contributed by atoms with van der Waals surface area (Å²) in [4.78, 5) is 17.0. The molecule has 1 amide bonds. The Balaban J connectivity index is 2.07. The minimum atomic E-state index is -0.689. The highest BCUT2D eigenvalue weighted by atomic mass is 19.1. The first kappa shape index (κ1) is 21.0. The maximum atomic E-state index is 14.2. The summed E-state index contributed by atoms with van der Waals surface area (Å²) in [6, 6.07) is 7.54. The predicted octanol–water partition coefficient (Wildman–Crippen LogP) is 3.30. The number of amides is 1. The smallest absolute Gasteiger partial charge is 0.282 e. The second kappa shape index (κ2) is 8.34. The van der Waals surface area contributed by atoms with E-state index in [1.807, 2.05) is 28.5 Å². The number of carbonyl (C=O) groups excluding carboxylic acids is 1. The number of halogens is 1. The molecular weight excluding hydrogens is 371 g/mol. The van der Waals surface area contributed by atoms with Crippen LogP contribution in [0.15, 0.2) is 29.3 Å². The van der Waals surface area contributed by atoms with Gasteiger partial charge in [-0.1, -0.05) is 20.8 Å². The molecule has 7 heteroatoms. The first-order chi connectivity index (χ1) is 13.7. The van der Waals surface area contributed by atoms with Crippen molar-refractivity contribution in [1.82, 2.24) is 9.36 Å². The third kappa shape index (κ3) is 4.65. The van der Waals surface area contributed by atoms with E-state index < -0.39 is 11.7 Å². The van der Waals surface area contributed by atoms with Crippen LogP contribution in [0.3, 0.4) is 0 Å². The van der Waals surface area contributed by atoms with Crippen LogP contribution in [0.2, 0.25) is 0 Å². The van der Waals surface area contributed by atoms with E-state index in [4.69, 9.17) is 10.00 Å². The number of aromatic nitrogens is 2. The van der Waals surface area contributed by atoms with E-state index in [9.17, 15) is 9.18 Å². The zero-order valence-corrected chi connectivity index (χ0v) is 17.4. The summed E-state index contributed by atoms with van der Waals surface area (Å²) in [6.07, 6.45) is 1.91. The van der Waals surface area contributed by atoms with Gasteiger partial charge in [0.15, 0.2) is 5.49 Å². The number of benzene rings is 1. The Morgan fingerprint density at radius 1 is 1.31 bits per heavy atom. The van der Waals surface area contributed by atoms with Gasteiger partial charge in [-0.25, -0.2) is 4.39 Å². The van der Waals surface area contributed by atoms with Gasteiger partial charge in [0, 0.05) is 44.0 Å². The molecule has 0 radical (unpaired) electrons. The Hall–Kier alpha value is -2.72. The van der Waals surface area contributed by atoms with Crippen molar-refractivity contribution >= 4 is 5.91 Å². The molecule has 1 fully saturated rings. The number of carbonyl (C=O) groups is 1. The highest BCUT2D eigenvalue weighted by molar-refractivity contribution is 5.95. The van der Waals surface area contributed by atoms with Crippen molar-refractivity contribution in [2.75, 3.05) is 13.2 Å². The molecule has 0 bridgehead atoms. The van der Waals surface area contributed by atoms with Crippen LogP contribution < -0.4 is 5.49 Å². The maximum Gasteiger partial charge on any atom is 0.282 e. The summed E-state index contributed by atoms with van der Waals surface area (Å²) in [7, 11) is 1.96. The number of ether oxygens (including phenoxy) is 1. The molecule has 1 aromatic carbocycles. The highest BCUT2D eigenvalue weighted by Gasteiger charge is 2.23. The van der Waals surface area contributed by atoms with E-state index in [1.165, 1.54) is 12.1 Å². The topological polar surface area (TPSA) is 72.3 Å². The standard InChI is InChI=1S/C22H27FN4O2/c1-22(2,3)19-12-20(27(26(19)4)14-15-7-9-29-10-8-15)25-21(28)17-11-16(13-24)5-6-18(17)23/h5-6,11-12,15H,7-10,14H2,1-4H3. The highest BCUT2D eigenvalue weighted by Crippen LogP contribution is 2.22. The van der Waals surface area contributed by atoms with Crippen LogP contribution in [-0.2, 0) is 23.7 Å². The number of rotatable bonds is 3. The van der Waals surface area contributed by atoms with Gasteiger partial charge in [-0.3, -0.25) is 14.2 Å². The molecule has 0 aliphatic carbocycles. The van der Waals surface area contributed by atoms with Crippen molar-refractivity contribution in [2.45, 2.75) is 45.6 Å². The van der Waals surface area contributed by atoms with Crippen molar-refractivity contribution in [2.24, 2.45) is 18.0 Å². The van der Waals surface area contributed by atoms with Crippen molar-refractivity contribution in [3.63, 3.8) is 0 Å². The molecule has 0 N–H and O–H groups in total. The maximum absolute atomic E-state index is 14.2. The predicted molar refractivity (Wildman–Crippen MR) is 107 cm³/mol. The van der Waals surface area contributed by atoms with Crippen molar-refractivity contribution in [1.29, 1.82) is 5.26 Å². The second-order valence-electron chi connectivity index (χ2n) is 8.52. The molecule has 2 aromatic rings. The molecule has 1 aliphatic heterocycles. The number of hydrogen-bond donors (Lipinski definition) is 0. The molecule has 29 heavy (non-hydrogen) atoms. The Morgan fingerprint density at radius 3 is 2.62 bits per heavy atom. The average Bonchev–Trinajstić information content (AvgIpc) is 2.99. The summed E-state index contributed by atoms with van der Waals surface area (Å²) in [5, 5.41) is 9.05. The molecule has 0 atom stereocenters. The van der Waals surface area contributed by atoms with Crippen LogP contribution in [0.4, 0.5) is 4.39 Å². The van der Waals surface area contributed by atoms with Gasteiger partial charge in [-0.05, 0) is 37.0 Å². The van der Waals surface area contributed by atoms with E-state index >= 15 is 0 Å². The van der Waals surface area contributed by atoms with Crippen LogP contribution in [0.1, 0.15) is 55.2 Å². The normalized spacial score (nSPS) is 16.1. The van der Waals surface area contributed by atoms with E-state index in [2.05, 4.69) is 25.8 Å². The Kier molecular flexibility index (Phi) is 6.04. The fourth-order valence-corrected chi connectivity index (χ4v) is 3.68. The van der Waals surface area contributed by atoms with Gasteiger partial charge in [-0.2, -0.15) is 10.3 Å². The van der Waals surface area contributed by atoms with Gasteiger partial charge < -0.3 is 4.74 Å². The van der Waals surface area contributed by atoms with E-state index in [1.54, 1.807) is 0 Å². The van der Waals surface area contributed by atoms with Crippen molar-refractivity contribution in [3.8, 4) is 6.07 Å². The van der Waals surface area contributed by atoms with E-state index in [0.29, 0.717) is 18.0 Å². The molecule has 3 rings (SSSR count). The lowest BCUT2D eigenvalue weighted by Gasteiger charge is -2.25. The SMILES string of the molecule is Cn1c(C(C)(C)C)cc(=NC(=O)c2cc(C#N)ccc2F)n1CC1CCOCC1. The third-order valence-corrected chi connectivity index (χ3v) is 5.32. The second-order valence-corrected chi connectivity index (χ2v) is 8.52. The average molecular weight is 398 g/mol. The summed E-state index contributed by atoms with van der Waals surface area (Å²) in [6.45, 7) is 8.48. The molecule has 1 aromatic heterocycles. The van der Waals surface area contributed by atoms with E-state index in [0.717, 1.165) is 37.8 Å². The summed E-state index contributed by atoms with van der Waals surface area (Å²) >= 11 is 0. The van der Waals surface area contributed by atoms with Gasteiger partial charge >= 0.3 is 0 Å². The molecule has 6 nitrogen and oxygen atoms in total. The summed E-state index contributed by atoms with van der Waals surface area (Å²) in [5.41, 5.74) is 1.42. The number of hydrogen-bond acceptors (Lipinski definition) is 3. The first-order valence-electron chi connectivity index (χ1n) is 9.84. The zero-order chi connectivity index (χ0) is 21.2. The molecule has 2 heterocycles. The molecule has 0 spiro atoms. The van der Waals surface area contributed by atoms with Crippen LogP contribution >= 0.6 is 0 Å². The largest absolute Gasteiger partial charge is 0.381 e. The molecular formula is C22H27FN4O2. The minimum Gasteiger partial charge on any atom is -0.381 e. The van der Waals surface area contributed by atoms with Gasteiger partial charge in [-0.15, -0.1) is 0 Å². The van der Waals surface area contributed by atoms with Crippen LogP contribution in [-0.4, -0.2) is 28.5 Å². The monoisotopic (exact) mass is 398 g/mol. The summed E-state index contributed by atoms with van der Waals surface area (Å²) < 4.78 is 23.7. The Bertz CT molecular complexity index is 1010. The minimum absolute atomic E-state index is 0.144. The van der Waals surface area contributed by atoms with Crippen LogP contribution in [0.25, 0.3) is 0 Å².